The van der Waals surface area contributed by atoms with E-state index in [2.05, 4.69) is 10.3 Å². The van der Waals surface area contributed by atoms with Crippen LogP contribution in [0, 0.1) is 0 Å². The van der Waals surface area contributed by atoms with Crippen LogP contribution in [0.4, 0.5) is 0 Å². The predicted molar refractivity (Wildman–Crippen MR) is 84.3 cm³/mol. The number of fused-ring (bicyclic) bond motifs is 1. The zero-order valence-electron chi connectivity index (χ0n) is 11.8. The van der Waals surface area contributed by atoms with Crippen LogP contribution in [0.25, 0.3) is 11.0 Å². The Morgan fingerprint density at radius 2 is 2.18 bits per heavy atom. The van der Waals surface area contributed by atoms with E-state index in [1.165, 1.54) is 0 Å². The Morgan fingerprint density at radius 1 is 1.41 bits per heavy atom. The molecule has 0 bridgehead atoms. The lowest BCUT2D eigenvalue weighted by atomic mass is 10.3. The van der Waals surface area contributed by atoms with E-state index >= 15 is 0 Å². The van der Waals surface area contributed by atoms with Gasteiger partial charge < -0.3 is 18.8 Å². The molecule has 1 aliphatic rings. The highest BCUT2D eigenvalue weighted by Gasteiger charge is 2.38. The SMILES string of the molecule is COC1OC1NCOc1ccc2c(c1)nc(C(Cl)(Cl)Cl)n2C. The summed E-state index contributed by atoms with van der Waals surface area (Å²) in [6.07, 6.45) is -0.326. The van der Waals surface area contributed by atoms with E-state index < -0.39 is 3.79 Å². The molecule has 2 atom stereocenters. The van der Waals surface area contributed by atoms with Crippen LogP contribution < -0.4 is 10.1 Å². The van der Waals surface area contributed by atoms with Gasteiger partial charge in [-0.2, -0.15) is 0 Å². The average Bonchev–Trinajstić information content (AvgIpc) is 3.13. The largest absolute Gasteiger partial charge is 0.478 e. The van der Waals surface area contributed by atoms with Crippen LogP contribution >= 0.6 is 34.8 Å². The molecular weight excluding hydrogens is 353 g/mol. The fourth-order valence-corrected chi connectivity index (χ4v) is 2.66. The van der Waals surface area contributed by atoms with Gasteiger partial charge in [0.1, 0.15) is 12.5 Å². The highest BCUT2D eigenvalue weighted by atomic mass is 35.6. The van der Waals surface area contributed by atoms with Crippen molar-refractivity contribution in [3.8, 4) is 5.75 Å². The van der Waals surface area contributed by atoms with E-state index in [0.717, 1.165) is 5.52 Å². The molecule has 6 nitrogen and oxygen atoms in total. The number of hydrogen-bond donors (Lipinski definition) is 1. The highest BCUT2D eigenvalue weighted by molar-refractivity contribution is 6.66. The van der Waals surface area contributed by atoms with Gasteiger partial charge in [0.25, 0.3) is 0 Å². The third-order valence-corrected chi connectivity index (χ3v) is 3.82. The molecule has 22 heavy (non-hydrogen) atoms. The number of epoxide rings is 1. The van der Waals surface area contributed by atoms with Gasteiger partial charge in [0.2, 0.25) is 3.79 Å². The fraction of sp³-hybridized carbons (Fsp3) is 0.462. The van der Waals surface area contributed by atoms with Crippen LogP contribution in [0.3, 0.4) is 0 Å². The van der Waals surface area contributed by atoms with Crippen molar-refractivity contribution in [2.75, 3.05) is 13.8 Å². The van der Waals surface area contributed by atoms with E-state index in [1.54, 1.807) is 24.8 Å². The second-order valence-electron chi connectivity index (χ2n) is 4.80. The third kappa shape index (κ3) is 3.27. The van der Waals surface area contributed by atoms with Gasteiger partial charge in [-0.05, 0) is 12.1 Å². The van der Waals surface area contributed by atoms with Crippen molar-refractivity contribution in [2.24, 2.45) is 7.05 Å². The number of aromatic nitrogens is 2. The van der Waals surface area contributed by atoms with Gasteiger partial charge in [0.15, 0.2) is 18.3 Å². The maximum atomic E-state index is 5.91. The number of alkyl halides is 3. The van der Waals surface area contributed by atoms with E-state index in [4.69, 9.17) is 49.0 Å². The summed E-state index contributed by atoms with van der Waals surface area (Å²) in [6.45, 7) is 0.292. The minimum Gasteiger partial charge on any atom is -0.478 e. The fourth-order valence-electron chi connectivity index (χ4n) is 2.15. The molecule has 0 aliphatic carbocycles. The minimum absolute atomic E-state index is 0.125. The lowest BCUT2D eigenvalue weighted by Crippen LogP contribution is -2.25. The van der Waals surface area contributed by atoms with Crippen LogP contribution in [0.2, 0.25) is 0 Å². The molecule has 0 amide bonds. The zero-order chi connectivity index (χ0) is 15.9. The van der Waals surface area contributed by atoms with Crippen molar-refractivity contribution in [1.29, 1.82) is 0 Å². The van der Waals surface area contributed by atoms with Crippen LogP contribution in [-0.2, 0) is 20.3 Å². The van der Waals surface area contributed by atoms with Gasteiger partial charge in [0.05, 0.1) is 11.0 Å². The monoisotopic (exact) mass is 365 g/mol. The first-order valence-electron chi connectivity index (χ1n) is 6.48. The van der Waals surface area contributed by atoms with Gasteiger partial charge in [-0.1, -0.05) is 34.8 Å². The minimum atomic E-state index is -1.57. The summed E-state index contributed by atoms with van der Waals surface area (Å²) in [4.78, 5) is 4.35. The van der Waals surface area contributed by atoms with Crippen LogP contribution in [0.15, 0.2) is 18.2 Å². The first-order valence-corrected chi connectivity index (χ1v) is 7.61. The molecule has 9 heteroatoms. The van der Waals surface area contributed by atoms with Gasteiger partial charge in [-0.15, -0.1) is 0 Å². The molecule has 1 aliphatic heterocycles. The third-order valence-electron chi connectivity index (χ3n) is 3.31. The Hall–Kier alpha value is -0.760. The van der Waals surface area contributed by atoms with Crippen molar-refractivity contribution in [2.45, 2.75) is 16.3 Å². The molecule has 120 valence electrons. The quantitative estimate of drug-likeness (QED) is 0.501. The van der Waals surface area contributed by atoms with Gasteiger partial charge in [-0.3, -0.25) is 5.32 Å². The molecule has 2 unspecified atom stereocenters. The molecule has 1 saturated heterocycles. The number of imidazole rings is 1. The van der Waals surface area contributed by atoms with Crippen LogP contribution in [0.5, 0.6) is 5.75 Å². The smallest absolute Gasteiger partial charge is 0.248 e. The summed E-state index contributed by atoms with van der Waals surface area (Å²) in [7, 11) is 3.38. The second-order valence-corrected chi connectivity index (χ2v) is 7.08. The number of nitrogens with one attached hydrogen (secondary N) is 1. The lowest BCUT2D eigenvalue weighted by Gasteiger charge is -2.09. The summed E-state index contributed by atoms with van der Waals surface area (Å²) >= 11 is 17.7. The van der Waals surface area contributed by atoms with Crippen molar-refractivity contribution >= 4 is 45.8 Å². The molecule has 2 aromatic rings. The number of nitrogens with zero attached hydrogens (tertiary/aromatic N) is 2. The van der Waals surface area contributed by atoms with Crippen molar-refractivity contribution in [1.82, 2.24) is 14.9 Å². The molecular formula is C13H14Cl3N3O3. The number of rotatable bonds is 5. The predicted octanol–water partition coefficient (Wildman–Crippen LogP) is 2.65. The van der Waals surface area contributed by atoms with Crippen LogP contribution in [0.1, 0.15) is 5.82 Å². The summed E-state index contributed by atoms with van der Waals surface area (Å²) in [6, 6.07) is 5.48. The maximum Gasteiger partial charge on any atom is 0.248 e. The molecule has 0 saturated carbocycles. The van der Waals surface area contributed by atoms with Crippen LogP contribution in [-0.4, -0.2) is 35.9 Å². The number of aryl methyl sites for hydroxylation is 1. The van der Waals surface area contributed by atoms with E-state index in [-0.39, 0.29) is 12.5 Å². The number of methoxy groups -OCH3 is 1. The van der Waals surface area contributed by atoms with Crippen molar-refractivity contribution in [3.05, 3.63) is 24.0 Å². The maximum absolute atomic E-state index is 5.91. The molecule has 1 aromatic heterocycles. The molecule has 1 aromatic carbocycles. The second kappa shape index (κ2) is 6.03. The van der Waals surface area contributed by atoms with Gasteiger partial charge in [0, 0.05) is 20.2 Å². The molecule has 3 rings (SSSR count). The Kier molecular flexibility index (Phi) is 4.42. The number of benzene rings is 1. The summed E-state index contributed by atoms with van der Waals surface area (Å²) in [5.74, 6) is 1.01. The standard InChI is InChI=1S/C13H14Cl3N3O3/c1-19-9-4-3-7(21-6-17-10-11(20-2)22-10)5-8(9)18-12(19)13(14,15)16/h3-5,10-11,17H,6H2,1-2H3. The normalized spacial score (nSPS) is 21.3. The van der Waals surface area contributed by atoms with Gasteiger partial charge >= 0.3 is 0 Å². The number of halogens is 3. The van der Waals surface area contributed by atoms with E-state index in [9.17, 15) is 0 Å². The Morgan fingerprint density at radius 3 is 2.82 bits per heavy atom. The summed E-state index contributed by atoms with van der Waals surface area (Å²) in [5.41, 5.74) is 1.55. The zero-order valence-corrected chi connectivity index (χ0v) is 14.1. The molecule has 1 fully saturated rings. The Balaban J connectivity index is 1.70. The van der Waals surface area contributed by atoms with E-state index in [0.29, 0.717) is 23.8 Å². The molecule has 0 radical (unpaired) electrons. The van der Waals surface area contributed by atoms with Crippen molar-refractivity contribution < 1.29 is 14.2 Å². The Bertz CT molecular complexity index is 686. The summed E-state index contributed by atoms with van der Waals surface area (Å²) < 4.78 is 15.9. The summed E-state index contributed by atoms with van der Waals surface area (Å²) in [5, 5.41) is 3.04. The molecule has 0 spiro atoms. The number of hydrogen-bond acceptors (Lipinski definition) is 5. The topological polar surface area (TPSA) is 60.8 Å². The number of ether oxygens (including phenoxy) is 3. The first-order chi connectivity index (χ1) is 10.4. The highest BCUT2D eigenvalue weighted by Crippen LogP contribution is 2.38. The average molecular weight is 367 g/mol. The van der Waals surface area contributed by atoms with Gasteiger partial charge in [-0.25, -0.2) is 4.98 Å². The Labute approximate surface area is 142 Å². The molecule has 1 N–H and O–H groups in total. The lowest BCUT2D eigenvalue weighted by molar-refractivity contribution is 0.0950. The first kappa shape index (κ1) is 16.1. The molecule has 2 heterocycles. The van der Waals surface area contributed by atoms with Crippen molar-refractivity contribution in [3.63, 3.8) is 0 Å². The van der Waals surface area contributed by atoms with E-state index in [1.807, 2.05) is 12.1 Å².